The number of aliphatic hydroxyl groups excluding tert-OH is 1. The second kappa shape index (κ2) is 5.72. The highest BCUT2D eigenvalue weighted by molar-refractivity contribution is 5.82. The van der Waals surface area contributed by atoms with Crippen LogP contribution in [0.5, 0.6) is 0 Å². The molecule has 20 heavy (non-hydrogen) atoms. The van der Waals surface area contributed by atoms with E-state index in [1.807, 2.05) is 18.7 Å². The molecular weight excluding hydrogens is 256 g/mol. The topological polar surface area (TPSA) is 69.6 Å². The van der Waals surface area contributed by atoms with Crippen LogP contribution in [0.2, 0.25) is 0 Å². The molecular formula is C15H26N2O3. The van der Waals surface area contributed by atoms with Crippen molar-refractivity contribution < 1.29 is 14.7 Å². The highest BCUT2D eigenvalue weighted by Gasteiger charge is 2.37. The van der Waals surface area contributed by atoms with Crippen LogP contribution in [-0.2, 0) is 9.59 Å². The summed E-state index contributed by atoms with van der Waals surface area (Å²) in [6.07, 6.45) is 2.91. The van der Waals surface area contributed by atoms with Gasteiger partial charge in [-0.25, -0.2) is 0 Å². The van der Waals surface area contributed by atoms with Gasteiger partial charge in [0, 0.05) is 24.9 Å². The Morgan fingerprint density at radius 2 is 1.70 bits per heavy atom. The number of aliphatic hydroxyl groups is 1. The van der Waals surface area contributed by atoms with Crippen LogP contribution in [0.15, 0.2) is 0 Å². The van der Waals surface area contributed by atoms with Crippen molar-refractivity contribution in [3.63, 3.8) is 0 Å². The molecule has 0 aromatic rings. The zero-order valence-corrected chi connectivity index (χ0v) is 12.7. The van der Waals surface area contributed by atoms with Gasteiger partial charge in [-0.3, -0.25) is 9.59 Å². The van der Waals surface area contributed by atoms with Gasteiger partial charge in [-0.1, -0.05) is 0 Å². The standard InChI is InChI=1S/C15H26N2O3/c1-10(18)15(2,3)16-13(19)11-6-8-17(9-7-11)14(20)12-4-5-12/h10-12,18H,4-9H2,1-3H3,(H,16,19). The monoisotopic (exact) mass is 282 g/mol. The molecule has 2 aliphatic rings. The number of rotatable bonds is 4. The van der Waals surface area contributed by atoms with E-state index in [9.17, 15) is 14.7 Å². The Bertz CT molecular complexity index is 381. The van der Waals surface area contributed by atoms with Crippen LogP contribution in [0.4, 0.5) is 0 Å². The number of hydrogen-bond acceptors (Lipinski definition) is 3. The highest BCUT2D eigenvalue weighted by Crippen LogP contribution is 2.32. The van der Waals surface area contributed by atoms with Gasteiger partial charge in [0.2, 0.25) is 11.8 Å². The summed E-state index contributed by atoms with van der Waals surface area (Å²) < 4.78 is 0. The minimum Gasteiger partial charge on any atom is -0.391 e. The lowest BCUT2D eigenvalue weighted by molar-refractivity contribution is -0.137. The first-order valence-corrected chi connectivity index (χ1v) is 7.60. The zero-order valence-electron chi connectivity index (χ0n) is 12.7. The number of likely N-dealkylation sites (tertiary alicyclic amines) is 1. The molecule has 0 spiro atoms. The van der Waals surface area contributed by atoms with Crippen LogP contribution in [0, 0.1) is 11.8 Å². The van der Waals surface area contributed by atoms with Crippen molar-refractivity contribution in [1.82, 2.24) is 10.2 Å². The van der Waals surface area contributed by atoms with E-state index in [1.54, 1.807) is 6.92 Å². The van der Waals surface area contributed by atoms with Gasteiger partial charge in [0.15, 0.2) is 0 Å². The lowest BCUT2D eigenvalue weighted by atomic mass is 9.92. The van der Waals surface area contributed by atoms with Crippen LogP contribution in [0.25, 0.3) is 0 Å². The minimum absolute atomic E-state index is 0.00517. The van der Waals surface area contributed by atoms with Crippen LogP contribution in [0.1, 0.15) is 46.5 Å². The number of carbonyl (C=O) groups excluding carboxylic acids is 2. The first-order valence-electron chi connectivity index (χ1n) is 7.60. The summed E-state index contributed by atoms with van der Waals surface area (Å²) in [6.45, 7) is 6.69. The van der Waals surface area contributed by atoms with E-state index in [0.29, 0.717) is 13.1 Å². The van der Waals surface area contributed by atoms with Gasteiger partial charge < -0.3 is 15.3 Å². The fraction of sp³-hybridized carbons (Fsp3) is 0.867. The van der Waals surface area contributed by atoms with Crippen LogP contribution < -0.4 is 5.32 Å². The Morgan fingerprint density at radius 1 is 1.15 bits per heavy atom. The van der Waals surface area contributed by atoms with Crippen molar-refractivity contribution in [3.05, 3.63) is 0 Å². The quantitative estimate of drug-likeness (QED) is 0.805. The maximum Gasteiger partial charge on any atom is 0.225 e. The van der Waals surface area contributed by atoms with E-state index >= 15 is 0 Å². The number of nitrogens with zero attached hydrogens (tertiary/aromatic N) is 1. The fourth-order valence-electron chi connectivity index (χ4n) is 2.47. The molecule has 2 N–H and O–H groups in total. The summed E-state index contributed by atoms with van der Waals surface area (Å²) >= 11 is 0. The number of carbonyl (C=O) groups is 2. The van der Waals surface area contributed by atoms with E-state index < -0.39 is 11.6 Å². The second-order valence-corrected chi connectivity index (χ2v) is 6.76. The summed E-state index contributed by atoms with van der Waals surface area (Å²) in [4.78, 5) is 26.1. The molecule has 0 aromatic carbocycles. The maximum atomic E-state index is 12.2. The molecule has 5 nitrogen and oxygen atoms in total. The molecule has 0 radical (unpaired) electrons. The molecule has 1 aliphatic heterocycles. The smallest absolute Gasteiger partial charge is 0.225 e. The van der Waals surface area contributed by atoms with Crippen LogP contribution in [-0.4, -0.2) is 46.6 Å². The van der Waals surface area contributed by atoms with Gasteiger partial charge in [0.1, 0.15) is 0 Å². The van der Waals surface area contributed by atoms with Crippen molar-refractivity contribution >= 4 is 11.8 Å². The number of amides is 2. The zero-order chi connectivity index (χ0) is 14.9. The minimum atomic E-state index is -0.613. The maximum absolute atomic E-state index is 12.2. The van der Waals surface area contributed by atoms with Crippen LogP contribution in [0.3, 0.4) is 0 Å². The van der Waals surface area contributed by atoms with Gasteiger partial charge in [-0.05, 0) is 46.5 Å². The van der Waals surface area contributed by atoms with Gasteiger partial charge in [0.05, 0.1) is 11.6 Å². The second-order valence-electron chi connectivity index (χ2n) is 6.76. The molecule has 1 heterocycles. The number of piperidine rings is 1. The van der Waals surface area contributed by atoms with Crippen molar-refractivity contribution in [2.24, 2.45) is 11.8 Å². The van der Waals surface area contributed by atoms with E-state index in [1.165, 1.54) is 0 Å². The summed E-state index contributed by atoms with van der Waals surface area (Å²) in [5.41, 5.74) is -0.613. The predicted octanol–water partition coefficient (Wildman–Crippen LogP) is 0.911. The fourth-order valence-corrected chi connectivity index (χ4v) is 2.47. The van der Waals surface area contributed by atoms with E-state index in [0.717, 1.165) is 25.7 Å². The summed E-state index contributed by atoms with van der Waals surface area (Å²) in [7, 11) is 0. The Balaban J connectivity index is 1.81. The molecule has 114 valence electrons. The molecule has 1 saturated carbocycles. The lowest BCUT2D eigenvalue weighted by Crippen LogP contribution is -2.54. The number of hydrogen-bond donors (Lipinski definition) is 2. The molecule has 1 atom stereocenters. The van der Waals surface area contributed by atoms with Gasteiger partial charge in [-0.15, -0.1) is 0 Å². The Morgan fingerprint density at radius 3 is 2.15 bits per heavy atom. The van der Waals surface area contributed by atoms with Crippen molar-refractivity contribution in [1.29, 1.82) is 0 Å². The van der Waals surface area contributed by atoms with Gasteiger partial charge in [-0.2, -0.15) is 0 Å². The van der Waals surface area contributed by atoms with Gasteiger partial charge >= 0.3 is 0 Å². The molecule has 1 unspecified atom stereocenters. The van der Waals surface area contributed by atoms with Crippen molar-refractivity contribution in [2.75, 3.05) is 13.1 Å². The molecule has 0 aromatic heterocycles. The largest absolute Gasteiger partial charge is 0.391 e. The molecule has 2 amide bonds. The Kier molecular flexibility index (Phi) is 4.37. The molecule has 0 bridgehead atoms. The van der Waals surface area contributed by atoms with Crippen molar-refractivity contribution in [2.45, 2.75) is 58.1 Å². The van der Waals surface area contributed by atoms with E-state index in [-0.39, 0.29) is 23.7 Å². The molecule has 2 fully saturated rings. The Hall–Kier alpha value is -1.10. The van der Waals surface area contributed by atoms with E-state index in [2.05, 4.69) is 5.32 Å². The normalized spacial score (nSPS) is 22.5. The average Bonchev–Trinajstić information content (AvgIpc) is 3.21. The highest BCUT2D eigenvalue weighted by atomic mass is 16.3. The SMILES string of the molecule is CC(O)C(C)(C)NC(=O)C1CCN(C(=O)C2CC2)CC1. The third-order valence-corrected chi connectivity index (χ3v) is 4.59. The molecule has 1 aliphatic carbocycles. The first kappa shape index (κ1) is 15.3. The first-order chi connectivity index (χ1) is 9.31. The summed E-state index contributed by atoms with van der Waals surface area (Å²) in [6, 6.07) is 0. The third-order valence-electron chi connectivity index (χ3n) is 4.59. The van der Waals surface area contributed by atoms with Crippen LogP contribution >= 0.6 is 0 Å². The molecule has 1 saturated heterocycles. The average molecular weight is 282 g/mol. The Labute approximate surface area is 120 Å². The van der Waals surface area contributed by atoms with E-state index in [4.69, 9.17) is 0 Å². The van der Waals surface area contributed by atoms with Crippen molar-refractivity contribution in [3.8, 4) is 0 Å². The number of nitrogens with one attached hydrogen (secondary N) is 1. The molecule has 5 heteroatoms. The summed E-state index contributed by atoms with van der Waals surface area (Å²) in [5, 5.41) is 12.6. The lowest BCUT2D eigenvalue weighted by Gasteiger charge is -2.35. The third kappa shape index (κ3) is 3.51. The predicted molar refractivity (Wildman–Crippen MR) is 75.9 cm³/mol. The summed E-state index contributed by atoms with van der Waals surface area (Å²) in [5.74, 6) is 0.480. The van der Waals surface area contributed by atoms with Gasteiger partial charge in [0.25, 0.3) is 0 Å². The molecule has 2 rings (SSSR count).